The van der Waals surface area contributed by atoms with Crippen molar-refractivity contribution in [1.82, 2.24) is 0 Å². The minimum atomic E-state index is -0.957. The molecule has 0 bridgehead atoms. The van der Waals surface area contributed by atoms with Crippen molar-refractivity contribution >= 4 is 17.9 Å². The second kappa shape index (κ2) is 15.8. The second-order valence-corrected chi connectivity index (χ2v) is 6.71. The first-order valence-corrected chi connectivity index (χ1v) is 9.82. The lowest BCUT2D eigenvalue weighted by molar-refractivity contribution is -0.159. The van der Waals surface area contributed by atoms with Gasteiger partial charge in [-0.2, -0.15) is 0 Å². The zero-order valence-corrected chi connectivity index (χ0v) is 16.3. The maximum Gasteiger partial charge on any atom is 0.324 e. The molecule has 152 valence electrons. The van der Waals surface area contributed by atoms with E-state index in [1.54, 1.807) is 0 Å². The van der Waals surface area contributed by atoms with E-state index >= 15 is 0 Å². The lowest BCUT2D eigenvalue weighted by atomic mass is 10.1. The number of nitrogens with two attached hydrogens (primary N) is 2. The monoisotopic (exact) mass is 372 g/mol. The summed E-state index contributed by atoms with van der Waals surface area (Å²) in [5.74, 6) is -1.87. The topological polar surface area (TPSA) is 122 Å². The van der Waals surface area contributed by atoms with Crippen molar-refractivity contribution in [2.75, 3.05) is 0 Å². The molecule has 0 saturated heterocycles. The summed E-state index contributed by atoms with van der Waals surface area (Å²) in [7, 11) is 0. The Morgan fingerprint density at radius 1 is 0.808 bits per heavy atom. The molecule has 0 aromatic rings. The summed E-state index contributed by atoms with van der Waals surface area (Å²) >= 11 is 0. The largest absolute Gasteiger partial charge is 0.446 e. The van der Waals surface area contributed by atoms with E-state index in [-0.39, 0.29) is 19.3 Å². The standard InChI is InChI=1S/C19H36N2O5/c1-3-4-5-6-7-8-9-10-11-12-17(22)26-18(23)14-13-16(21)19(24)25-15(2)20/h15-16H,3-14,20-21H2,1-2H3/t15?,16-/m0/s1. The Morgan fingerprint density at radius 3 is 1.85 bits per heavy atom. The molecule has 0 aromatic heterocycles. The molecule has 1 unspecified atom stereocenters. The summed E-state index contributed by atoms with van der Waals surface area (Å²) in [5, 5.41) is 0. The third-order valence-corrected chi connectivity index (χ3v) is 3.98. The van der Waals surface area contributed by atoms with Crippen LogP contribution >= 0.6 is 0 Å². The molecule has 0 aliphatic rings. The highest BCUT2D eigenvalue weighted by atomic mass is 16.6. The molecule has 0 radical (unpaired) electrons. The predicted octanol–water partition coefficient (Wildman–Crippen LogP) is 2.93. The van der Waals surface area contributed by atoms with Crippen LogP contribution in [0, 0.1) is 0 Å². The molecule has 0 aliphatic heterocycles. The van der Waals surface area contributed by atoms with Crippen LogP contribution in [0.15, 0.2) is 0 Å². The summed E-state index contributed by atoms with van der Waals surface area (Å²) in [4.78, 5) is 34.6. The zero-order chi connectivity index (χ0) is 19.8. The highest BCUT2D eigenvalue weighted by molar-refractivity contribution is 5.85. The Labute approximate surface area is 157 Å². The number of carbonyl (C=O) groups is 3. The van der Waals surface area contributed by atoms with Crippen LogP contribution in [0.2, 0.25) is 0 Å². The van der Waals surface area contributed by atoms with Crippen molar-refractivity contribution in [3.05, 3.63) is 0 Å². The van der Waals surface area contributed by atoms with Crippen molar-refractivity contribution < 1.29 is 23.9 Å². The Kier molecular flexibility index (Phi) is 14.9. The molecule has 0 heterocycles. The highest BCUT2D eigenvalue weighted by Gasteiger charge is 2.19. The molecule has 0 aromatic carbocycles. The number of rotatable bonds is 15. The summed E-state index contributed by atoms with van der Waals surface area (Å²) < 4.78 is 9.46. The molecule has 2 atom stereocenters. The summed E-state index contributed by atoms with van der Waals surface area (Å²) in [6, 6.07) is -0.957. The Hall–Kier alpha value is -1.47. The molecule has 0 amide bonds. The van der Waals surface area contributed by atoms with Crippen molar-refractivity contribution in [3.63, 3.8) is 0 Å². The first-order chi connectivity index (χ1) is 12.4. The number of hydrogen-bond donors (Lipinski definition) is 2. The molecule has 0 aliphatic carbocycles. The average Bonchev–Trinajstić information content (AvgIpc) is 2.57. The lowest BCUT2D eigenvalue weighted by Gasteiger charge is -2.13. The van der Waals surface area contributed by atoms with Crippen molar-refractivity contribution in [1.29, 1.82) is 0 Å². The highest BCUT2D eigenvalue weighted by Crippen LogP contribution is 2.11. The van der Waals surface area contributed by atoms with Gasteiger partial charge in [0.25, 0.3) is 0 Å². The van der Waals surface area contributed by atoms with Gasteiger partial charge in [-0.25, -0.2) is 0 Å². The van der Waals surface area contributed by atoms with Crippen LogP contribution in [-0.4, -0.2) is 30.2 Å². The SMILES string of the molecule is CCCCCCCCCCCC(=O)OC(=O)CC[C@H](N)C(=O)OC(C)N. The zero-order valence-electron chi connectivity index (χ0n) is 16.3. The van der Waals surface area contributed by atoms with E-state index in [1.165, 1.54) is 45.4 Å². The van der Waals surface area contributed by atoms with E-state index in [0.29, 0.717) is 0 Å². The third-order valence-electron chi connectivity index (χ3n) is 3.98. The van der Waals surface area contributed by atoms with E-state index in [9.17, 15) is 14.4 Å². The van der Waals surface area contributed by atoms with E-state index in [2.05, 4.69) is 6.92 Å². The predicted molar refractivity (Wildman–Crippen MR) is 99.9 cm³/mol. The molecular weight excluding hydrogens is 336 g/mol. The normalized spacial score (nSPS) is 13.1. The summed E-state index contributed by atoms with van der Waals surface area (Å²) in [6.07, 6.45) is 9.79. The van der Waals surface area contributed by atoms with Crippen LogP contribution in [0.4, 0.5) is 0 Å². The lowest BCUT2D eigenvalue weighted by Crippen LogP contribution is -2.37. The summed E-state index contributed by atoms with van der Waals surface area (Å²) in [5.41, 5.74) is 10.9. The van der Waals surface area contributed by atoms with Crippen LogP contribution in [0.25, 0.3) is 0 Å². The Balaban J connectivity index is 3.64. The van der Waals surface area contributed by atoms with Crippen LogP contribution in [0.1, 0.15) is 90.9 Å². The maximum absolute atomic E-state index is 11.6. The van der Waals surface area contributed by atoms with Crippen molar-refractivity contribution in [3.8, 4) is 0 Å². The second-order valence-electron chi connectivity index (χ2n) is 6.71. The van der Waals surface area contributed by atoms with E-state index in [1.807, 2.05) is 0 Å². The molecule has 26 heavy (non-hydrogen) atoms. The van der Waals surface area contributed by atoms with Gasteiger partial charge in [0, 0.05) is 12.8 Å². The van der Waals surface area contributed by atoms with Gasteiger partial charge in [0.05, 0.1) is 0 Å². The van der Waals surface area contributed by atoms with Gasteiger partial charge in [-0.05, 0) is 19.8 Å². The number of unbranched alkanes of at least 4 members (excludes halogenated alkanes) is 8. The van der Waals surface area contributed by atoms with Gasteiger partial charge in [0.2, 0.25) is 0 Å². The number of carbonyl (C=O) groups excluding carboxylic acids is 3. The molecule has 7 heteroatoms. The quantitative estimate of drug-likeness (QED) is 0.196. The summed E-state index contributed by atoms with van der Waals surface area (Å²) in [6.45, 7) is 3.71. The smallest absolute Gasteiger partial charge is 0.324 e. The minimum Gasteiger partial charge on any atom is -0.446 e. The average molecular weight is 373 g/mol. The molecule has 0 rings (SSSR count). The number of hydrogen-bond acceptors (Lipinski definition) is 7. The van der Waals surface area contributed by atoms with Crippen molar-refractivity contribution in [2.24, 2.45) is 11.5 Å². The molecule has 4 N–H and O–H groups in total. The van der Waals surface area contributed by atoms with Crippen LogP contribution in [0.3, 0.4) is 0 Å². The van der Waals surface area contributed by atoms with Crippen molar-refractivity contribution in [2.45, 2.75) is 103 Å². The molecule has 7 nitrogen and oxygen atoms in total. The van der Waals surface area contributed by atoms with E-state index < -0.39 is 30.2 Å². The van der Waals surface area contributed by atoms with Gasteiger partial charge in [-0.3, -0.25) is 20.1 Å². The molecule has 0 saturated carbocycles. The molecule has 0 fully saturated rings. The van der Waals surface area contributed by atoms with Gasteiger partial charge < -0.3 is 15.2 Å². The fraction of sp³-hybridized carbons (Fsp3) is 0.842. The van der Waals surface area contributed by atoms with Crippen LogP contribution < -0.4 is 11.5 Å². The Bertz CT molecular complexity index is 413. The van der Waals surface area contributed by atoms with Gasteiger partial charge in [-0.15, -0.1) is 0 Å². The van der Waals surface area contributed by atoms with Gasteiger partial charge in [-0.1, -0.05) is 58.3 Å². The number of ether oxygens (including phenoxy) is 2. The van der Waals surface area contributed by atoms with E-state index in [4.69, 9.17) is 20.9 Å². The van der Waals surface area contributed by atoms with Crippen LogP contribution in [-0.2, 0) is 23.9 Å². The van der Waals surface area contributed by atoms with Crippen LogP contribution in [0.5, 0.6) is 0 Å². The number of esters is 3. The fourth-order valence-electron chi connectivity index (χ4n) is 2.47. The molecular formula is C19H36N2O5. The third kappa shape index (κ3) is 14.8. The Morgan fingerprint density at radius 2 is 1.31 bits per heavy atom. The first-order valence-electron chi connectivity index (χ1n) is 9.82. The maximum atomic E-state index is 11.6. The minimum absolute atomic E-state index is 0.0513. The van der Waals surface area contributed by atoms with E-state index in [0.717, 1.165) is 19.3 Å². The molecule has 0 spiro atoms. The fourth-order valence-corrected chi connectivity index (χ4v) is 2.47. The van der Waals surface area contributed by atoms with Gasteiger partial charge >= 0.3 is 17.9 Å². The van der Waals surface area contributed by atoms with Gasteiger partial charge in [0.15, 0.2) is 0 Å². The van der Waals surface area contributed by atoms with Gasteiger partial charge in [0.1, 0.15) is 12.3 Å². The first kappa shape index (κ1) is 24.5.